The topological polar surface area (TPSA) is 0 Å². The predicted octanol–water partition coefficient (Wildman–Crippen LogP) is 5.41. The minimum Gasteiger partial charge on any atom is -0.207 e. The van der Waals surface area contributed by atoms with Crippen molar-refractivity contribution in [3.8, 4) is 0 Å². The summed E-state index contributed by atoms with van der Waals surface area (Å²) in [6.07, 6.45) is 3.79. The van der Waals surface area contributed by atoms with Crippen molar-refractivity contribution < 1.29 is 4.39 Å². The highest BCUT2D eigenvalue weighted by molar-refractivity contribution is 6.30. The predicted molar refractivity (Wildman–Crippen MR) is 79.3 cm³/mol. The first-order chi connectivity index (χ1) is 9.20. The minimum absolute atomic E-state index is 0.108. The van der Waals surface area contributed by atoms with Gasteiger partial charge in [-0.15, -0.1) is 0 Å². The van der Waals surface area contributed by atoms with Crippen molar-refractivity contribution in [1.82, 2.24) is 0 Å². The lowest BCUT2D eigenvalue weighted by molar-refractivity contribution is 0.608. The summed E-state index contributed by atoms with van der Waals surface area (Å²) in [6, 6.07) is 13.0. The van der Waals surface area contributed by atoms with Crippen LogP contribution < -0.4 is 0 Å². The van der Waals surface area contributed by atoms with Crippen molar-refractivity contribution >= 4 is 11.6 Å². The fourth-order valence-electron chi connectivity index (χ4n) is 2.21. The summed E-state index contributed by atoms with van der Waals surface area (Å²) >= 11 is 5.87. The van der Waals surface area contributed by atoms with E-state index in [0.717, 1.165) is 36.0 Å². The third-order valence-electron chi connectivity index (χ3n) is 3.31. The second-order valence-corrected chi connectivity index (χ2v) is 5.22. The molecule has 2 rings (SSSR count). The highest BCUT2D eigenvalue weighted by Crippen LogP contribution is 2.21. The largest absolute Gasteiger partial charge is 0.207 e. The summed E-state index contributed by atoms with van der Waals surface area (Å²) in [5, 5.41) is 0.712. The molecule has 0 spiro atoms. The maximum absolute atomic E-state index is 14.0. The number of benzene rings is 2. The van der Waals surface area contributed by atoms with Gasteiger partial charge in [-0.25, -0.2) is 4.39 Å². The molecule has 0 aliphatic carbocycles. The Kier molecular flexibility index (Phi) is 4.98. The lowest BCUT2D eigenvalue weighted by atomic mass is 9.96. The number of rotatable bonds is 5. The quantitative estimate of drug-likeness (QED) is 0.685. The molecule has 0 heterocycles. The van der Waals surface area contributed by atoms with Gasteiger partial charge in [0.2, 0.25) is 0 Å². The van der Waals surface area contributed by atoms with Gasteiger partial charge in [0.25, 0.3) is 0 Å². The number of hydrogen-bond donors (Lipinski definition) is 0. The Morgan fingerprint density at radius 3 is 2.47 bits per heavy atom. The second-order valence-electron chi connectivity index (χ2n) is 4.78. The number of unbranched alkanes of at least 4 members (excludes halogenated alkanes) is 1. The summed E-state index contributed by atoms with van der Waals surface area (Å²) in [7, 11) is 0. The Labute approximate surface area is 119 Å². The van der Waals surface area contributed by atoms with Crippen LogP contribution in [0.15, 0.2) is 42.5 Å². The first kappa shape index (κ1) is 14.1. The summed E-state index contributed by atoms with van der Waals surface area (Å²) < 4.78 is 14.0. The van der Waals surface area contributed by atoms with Crippen molar-refractivity contribution in [2.45, 2.75) is 32.6 Å². The van der Waals surface area contributed by atoms with Crippen LogP contribution in [0.25, 0.3) is 0 Å². The number of hydrogen-bond acceptors (Lipinski definition) is 0. The Bertz CT molecular complexity index is 531. The molecule has 0 unspecified atom stereocenters. The molecule has 100 valence electrons. The van der Waals surface area contributed by atoms with Gasteiger partial charge in [0, 0.05) is 11.4 Å². The molecule has 0 fully saturated rings. The SMILES string of the molecule is CCCCc1cccc(F)c1Cc1ccc(Cl)cc1. The van der Waals surface area contributed by atoms with Crippen LogP contribution in [0.4, 0.5) is 4.39 Å². The highest BCUT2D eigenvalue weighted by Gasteiger charge is 2.09. The molecule has 0 saturated carbocycles. The summed E-state index contributed by atoms with van der Waals surface area (Å²) in [5.74, 6) is -0.108. The molecule has 2 aromatic rings. The maximum atomic E-state index is 14.0. The van der Waals surface area contributed by atoms with E-state index >= 15 is 0 Å². The minimum atomic E-state index is -0.108. The van der Waals surface area contributed by atoms with Crippen LogP contribution in [-0.2, 0) is 12.8 Å². The third kappa shape index (κ3) is 3.81. The van der Waals surface area contributed by atoms with Gasteiger partial charge in [-0.05, 0) is 47.7 Å². The molecule has 2 heteroatoms. The van der Waals surface area contributed by atoms with E-state index in [1.165, 1.54) is 0 Å². The molecule has 19 heavy (non-hydrogen) atoms. The van der Waals surface area contributed by atoms with E-state index in [9.17, 15) is 4.39 Å². The van der Waals surface area contributed by atoms with Gasteiger partial charge >= 0.3 is 0 Å². The molecule has 0 N–H and O–H groups in total. The van der Waals surface area contributed by atoms with Crippen LogP contribution in [0.3, 0.4) is 0 Å². The molecular weight excluding hydrogens is 259 g/mol. The van der Waals surface area contributed by atoms with Crippen LogP contribution in [0, 0.1) is 5.82 Å². The van der Waals surface area contributed by atoms with E-state index in [1.807, 2.05) is 30.3 Å². The third-order valence-corrected chi connectivity index (χ3v) is 3.56. The molecular formula is C17H18ClF. The van der Waals surface area contributed by atoms with Gasteiger partial charge in [-0.1, -0.05) is 49.2 Å². The zero-order valence-electron chi connectivity index (χ0n) is 11.1. The standard InChI is InChI=1S/C17H18ClF/c1-2-3-5-14-6-4-7-17(19)16(14)12-13-8-10-15(18)11-9-13/h4,6-11H,2-3,5,12H2,1H3. The van der Waals surface area contributed by atoms with E-state index < -0.39 is 0 Å². The lowest BCUT2D eigenvalue weighted by Gasteiger charge is -2.10. The van der Waals surface area contributed by atoms with E-state index in [4.69, 9.17) is 11.6 Å². The Hall–Kier alpha value is -1.34. The van der Waals surface area contributed by atoms with Crippen LogP contribution in [0.2, 0.25) is 5.02 Å². The van der Waals surface area contributed by atoms with E-state index in [0.29, 0.717) is 11.4 Å². The van der Waals surface area contributed by atoms with E-state index in [1.54, 1.807) is 12.1 Å². The van der Waals surface area contributed by atoms with Gasteiger partial charge in [-0.2, -0.15) is 0 Å². The van der Waals surface area contributed by atoms with Gasteiger partial charge in [-0.3, -0.25) is 0 Å². The molecule has 0 aliphatic heterocycles. The first-order valence-electron chi connectivity index (χ1n) is 6.71. The lowest BCUT2D eigenvalue weighted by Crippen LogP contribution is -1.99. The molecule has 0 aliphatic rings. The van der Waals surface area contributed by atoms with Gasteiger partial charge in [0.1, 0.15) is 5.82 Å². The fraction of sp³-hybridized carbons (Fsp3) is 0.294. The van der Waals surface area contributed by atoms with E-state index in [2.05, 4.69) is 6.92 Å². The monoisotopic (exact) mass is 276 g/mol. The molecule has 0 nitrogen and oxygen atoms in total. The van der Waals surface area contributed by atoms with Crippen molar-refractivity contribution in [2.24, 2.45) is 0 Å². The van der Waals surface area contributed by atoms with Crippen LogP contribution in [0.1, 0.15) is 36.5 Å². The fourth-order valence-corrected chi connectivity index (χ4v) is 2.34. The van der Waals surface area contributed by atoms with Crippen LogP contribution >= 0.6 is 11.6 Å². The Morgan fingerprint density at radius 1 is 1.05 bits per heavy atom. The second kappa shape index (κ2) is 6.72. The summed E-state index contributed by atoms with van der Waals surface area (Å²) in [6.45, 7) is 2.15. The van der Waals surface area contributed by atoms with Gasteiger partial charge < -0.3 is 0 Å². The average Bonchev–Trinajstić information content (AvgIpc) is 2.42. The summed E-state index contributed by atoms with van der Waals surface area (Å²) in [4.78, 5) is 0. The highest BCUT2D eigenvalue weighted by atomic mass is 35.5. The number of aryl methyl sites for hydroxylation is 1. The van der Waals surface area contributed by atoms with Crippen molar-refractivity contribution in [2.75, 3.05) is 0 Å². The molecule has 0 saturated heterocycles. The van der Waals surface area contributed by atoms with Crippen molar-refractivity contribution in [1.29, 1.82) is 0 Å². The number of halogens is 2. The smallest absolute Gasteiger partial charge is 0.127 e. The zero-order chi connectivity index (χ0) is 13.7. The van der Waals surface area contributed by atoms with Crippen molar-refractivity contribution in [3.63, 3.8) is 0 Å². The molecule has 0 bridgehead atoms. The molecule has 0 aromatic heterocycles. The summed E-state index contributed by atoms with van der Waals surface area (Å²) in [5.41, 5.74) is 3.03. The Morgan fingerprint density at radius 2 is 1.79 bits per heavy atom. The van der Waals surface area contributed by atoms with Gasteiger partial charge in [0.05, 0.1) is 0 Å². The average molecular weight is 277 g/mol. The molecule has 2 aromatic carbocycles. The van der Waals surface area contributed by atoms with Crippen LogP contribution in [-0.4, -0.2) is 0 Å². The molecule has 0 radical (unpaired) electrons. The van der Waals surface area contributed by atoms with E-state index in [-0.39, 0.29) is 5.82 Å². The zero-order valence-corrected chi connectivity index (χ0v) is 11.9. The molecule has 0 atom stereocenters. The van der Waals surface area contributed by atoms with Crippen molar-refractivity contribution in [3.05, 3.63) is 70.0 Å². The maximum Gasteiger partial charge on any atom is 0.127 e. The first-order valence-corrected chi connectivity index (χ1v) is 7.09. The van der Waals surface area contributed by atoms with Gasteiger partial charge in [0.15, 0.2) is 0 Å². The Balaban J connectivity index is 2.25. The molecule has 0 amide bonds. The van der Waals surface area contributed by atoms with Crippen LogP contribution in [0.5, 0.6) is 0 Å². The normalized spacial score (nSPS) is 10.7.